The predicted molar refractivity (Wildman–Crippen MR) is 105 cm³/mol. The van der Waals surface area contributed by atoms with Gasteiger partial charge < -0.3 is 5.32 Å². The second-order valence-corrected chi connectivity index (χ2v) is 7.92. The van der Waals surface area contributed by atoms with Gasteiger partial charge in [0.1, 0.15) is 11.2 Å². The van der Waals surface area contributed by atoms with Crippen molar-refractivity contribution in [3.63, 3.8) is 0 Å². The van der Waals surface area contributed by atoms with Crippen molar-refractivity contribution in [2.24, 2.45) is 0 Å². The van der Waals surface area contributed by atoms with Crippen molar-refractivity contribution in [3.05, 3.63) is 46.5 Å². The van der Waals surface area contributed by atoms with Gasteiger partial charge >= 0.3 is 0 Å². The van der Waals surface area contributed by atoms with Crippen LogP contribution in [0.15, 0.2) is 35.4 Å². The minimum Gasteiger partial charge on any atom is -0.350 e. The Kier molecular flexibility index (Phi) is 5.25. The highest BCUT2D eigenvalue weighted by atomic mass is 16.2. The van der Waals surface area contributed by atoms with Crippen molar-refractivity contribution in [3.8, 4) is 0 Å². The minimum atomic E-state index is -0.312. The zero-order chi connectivity index (χ0) is 18.7. The van der Waals surface area contributed by atoms with Gasteiger partial charge in [0.05, 0.1) is 0 Å². The number of nitrogens with one attached hydrogen (secondary N) is 1. The number of pyridine rings is 1. The lowest BCUT2D eigenvalue weighted by atomic mass is 9.79. The summed E-state index contributed by atoms with van der Waals surface area (Å²) in [7, 11) is 0. The molecule has 2 fully saturated rings. The van der Waals surface area contributed by atoms with Crippen molar-refractivity contribution in [2.75, 3.05) is 19.6 Å². The van der Waals surface area contributed by atoms with Crippen LogP contribution in [-0.4, -0.2) is 45.4 Å². The van der Waals surface area contributed by atoms with E-state index >= 15 is 0 Å². The molecule has 0 spiro atoms. The number of fused-ring (bicyclic) bond motifs is 1. The van der Waals surface area contributed by atoms with Crippen LogP contribution < -0.4 is 10.9 Å². The molecule has 27 heavy (non-hydrogen) atoms. The molecular formula is C21H28N4O2. The summed E-state index contributed by atoms with van der Waals surface area (Å²) in [4.78, 5) is 32.3. The van der Waals surface area contributed by atoms with E-state index in [4.69, 9.17) is 0 Å². The summed E-state index contributed by atoms with van der Waals surface area (Å²) in [6.07, 6.45) is 12.8. The molecule has 6 nitrogen and oxygen atoms in total. The van der Waals surface area contributed by atoms with Gasteiger partial charge in [-0.05, 0) is 50.9 Å². The van der Waals surface area contributed by atoms with Crippen LogP contribution in [0.4, 0.5) is 0 Å². The predicted octanol–water partition coefficient (Wildman–Crippen LogP) is 2.61. The molecule has 1 aliphatic heterocycles. The van der Waals surface area contributed by atoms with Crippen molar-refractivity contribution >= 4 is 11.6 Å². The zero-order valence-corrected chi connectivity index (χ0v) is 15.8. The van der Waals surface area contributed by atoms with E-state index in [9.17, 15) is 9.59 Å². The van der Waals surface area contributed by atoms with Crippen LogP contribution in [0.25, 0.3) is 5.65 Å². The number of carbonyl (C=O) groups is 1. The molecule has 1 N–H and O–H groups in total. The lowest BCUT2D eigenvalue weighted by molar-refractivity contribution is 0.0326. The van der Waals surface area contributed by atoms with E-state index < -0.39 is 0 Å². The van der Waals surface area contributed by atoms with Crippen molar-refractivity contribution in [1.29, 1.82) is 0 Å². The molecule has 0 bridgehead atoms. The van der Waals surface area contributed by atoms with Gasteiger partial charge in [0, 0.05) is 24.5 Å². The Hall–Kier alpha value is -2.21. The third-order valence-corrected chi connectivity index (χ3v) is 6.25. The molecule has 2 aromatic rings. The van der Waals surface area contributed by atoms with Crippen LogP contribution in [0.1, 0.15) is 61.7 Å². The molecule has 2 aromatic heterocycles. The summed E-state index contributed by atoms with van der Waals surface area (Å²) in [6.45, 7) is 2.86. The van der Waals surface area contributed by atoms with E-state index in [2.05, 4.69) is 15.2 Å². The molecule has 4 rings (SSSR count). The van der Waals surface area contributed by atoms with Crippen molar-refractivity contribution < 1.29 is 4.79 Å². The number of piperidine rings is 1. The fraction of sp³-hybridized carbons (Fsp3) is 0.571. The van der Waals surface area contributed by atoms with Gasteiger partial charge in [0.25, 0.3) is 11.5 Å². The normalized spacial score (nSPS) is 20.4. The average Bonchev–Trinajstić information content (AvgIpc) is 2.74. The number of rotatable bonds is 4. The van der Waals surface area contributed by atoms with Crippen molar-refractivity contribution in [1.82, 2.24) is 19.6 Å². The molecule has 0 atom stereocenters. The molecule has 1 amide bonds. The number of hydrogen-bond donors (Lipinski definition) is 1. The highest BCUT2D eigenvalue weighted by molar-refractivity contribution is 5.93. The number of carbonyl (C=O) groups excluding carboxylic acids is 1. The van der Waals surface area contributed by atoms with E-state index in [1.54, 1.807) is 18.3 Å². The number of likely N-dealkylation sites (tertiary alicyclic amines) is 1. The molecule has 1 saturated heterocycles. The Morgan fingerprint density at radius 2 is 1.81 bits per heavy atom. The number of aromatic nitrogens is 2. The summed E-state index contributed by atoms with van der Waals surface area (Å²) in [6, 6.07) is 5.36. The lowest BCUT2D eigenvalue weighted by Crippen LogP contribution is -2.58. The smallest absolute Gasteiger partial charge is 0.270 e. The van der Waals surface area contributed by atoms with Crippen molar-refractivity contribution in [2.45, 2.75) is 56.9 Å². The largest absolute Gasteiger partial charge is 0.350 e. The summed E-state index contributed by atoms with van der Waals surface area (Å²) in [5, 5.41) is 3.08. The van der Waals surface area contributed by atoms with Crippen LogP contribution >= 0.6 is 0 Å². The zero-order valence-electron chi connectivity index (χ0n) is 15.8. The Morgan fingerprint density at radius 3 is 2.59 bits per heavy atom. The average molecular weight is 368 g/mol. The van der Waals surface area contributed by atoms with E-state index in [0.29, 0.717) is 12.2 Å². The van der Waals surface area contributed by atoms with E-state index in [1.807, 2.05) is 6.07 Å². The summed E-state index contributed by atoms with van der Waals surface area (Å²) in [5.74, 6) is -0.312. The Morgan fingerprint density at radius 1 is 1.07 bits per heavy atom. The van der Waals surface area contributed by atoms with Gasteiger partial charge in [0.2, 0.25) is 0 Å². The molecule has 144 valence electrons. The third-order valence-electron chi connectivity index (χ3n) is 6.25. The molecule has 6 heteroatoms. The van der Waals surface area contributed by atoms with Crippen LogP contribution in [0.2, 0.25) is 0 Å². The molecule has 1 aliphatic carbocycles. The number of hydrogen-bond acceptors (Lipinski definition) is 4. The van der Waals surface area contributed by atoms with Gasteiger partial charge in [-0.2, -0.15) is 0 Å². The monoisotopic (exact) mass is 368 g/mol. The first-order valence-corrected chi connectivity index (χ1v) is 10.2. The Balaban J connectivity index is 1.53. The maximum absolute atomic E-state index is 12.8. The minimum absolute atomic E-state index is 0.0504. The van der Waals surface area contributed by atoms with E-state index in [-0.39, 0.29) is 22.6 Å². The second kappa shape index (κ2) is 7.80. The number of nitrogens with zero attached hydrogens (tertiary/aromatic N) is 3. The van der Waals surface area contributed by atoms with Crippen LogP contribution in [-0.2, 0) is 0 Å². The third kappa shape index (κ3) is 3.63. The first-order chi connectivity index (χ1) is 13.2. The van der Waals surface area contributed by atoms with E-state index in [1.165, 1.54) is 49.1 Å². The lowest BCUT2D eigenvalue weighted by Gasteiger charge is -2.48. The molecule has 0 aromatic carbocycles. The number of amides is 1. The van der Waals surface area contributed by atoms with Gasteiger partial charge in [-0.15, -0.1) is 0 Å². The Labute approximate surface area is 159 Å². The fourth-order valence-electron chi connectivity index (χ4n) is 4.71. The maximum atomic E-state index is 12.8. The van der Waals surface area contributed by atoms with Gasteiger partial charge in [-0.1, -0.05) is 31.7 Å². The first kappa shape index (κ1) is 18.2. The van der Waals surface area contributed by atoms with Crippen LogP contribution in [0, 0.1) is 0 Å². The topological polar surface area (TPSA) is 66.7 Å². The summed E-state index contributed by atoms with van der Waals surface area (Å²) < 4.78 is 1.43. The summed E-state index contributed by atoms with van der Waals surface area (Å²) >= 11 is 0. The quantitative estimate of drug-likeness (QED) is 0.901. The SMILES string of the molecule is O=C(NCC1(N2CCCCC2)CCCCC1)c1cnc2ccccn2c1=O. The molecule has 0 unspecified atom stereocenters. The standard InChI is InChI=1S/C21H28N4O2/c26-19(17-15-22-18-9-3-8-14-25(18)20(17)27)23-16-21(10-4-1-5-11-21)24-12-6-2-7-13-24/h3,8-9,14-15H,1-2,4-7,10-13,16H2,(H,23,26). The molecule has 2 aliphatic rings. The maximum Gasteiger partial charge on any atom is 0.270 e. The van der Waals surface area contributed by atoms with Gasteiger partial charge in [-0.3, -0.25) is 18.9 Å². The second-order valence-electron chi connectivity index (χ2n) is 7.92. The molecule has 3 heterocycles. The molecule has 0 radical (unpaired) electrons. The molecular weight excluding hydrogens is 340 g/mol. The van der Waals surface area contributed by atoms with E-state index in [0.717, 1.165) is 25.9 Å². The Bertz CT molecular complexity index is 864. The molecule has 1 saturated carbocycles. The first-order valence-electron chi connectivity index (χ1n) is 10.2. The summed E-state index contributed by atoms with van der Waals surface area (Å²) in [5.41, 5.74) is 0.405. The highest BCUT2D eigenvalue weighted by Crippen LogP contribution is 2.35. The fourth-order valence-corrected chi connectivity index (χ4v) is 4.71. The van der Waals surface area contributed by atoms with Gasteiger partial charge in [-0.25, -0.2) is 4.98 Å². The van der Waals surface area contributed by atoms with Crippen LogP contribution in [0.5, 0.6) is 0 Å². The highest BCUT2D eigenvalue weighted by Gasteiger charge is 2.38. The van der Waals surface area contributed by atoms with Gasteiger partial charge in [0.15, 0.2) is 0 Å². The van der Waals surface area contributed by atoms with Crippen LogP contribution in [0.3, 0.4) is 0 Å².